The number of unbranched alkanes of at least 4 members (excludes halogenated alkanes) is 1. The standard InChI is InChI=1S/C18H24N2O/c1-2-3-13-20(17-7-5-4-6-8-17)14-15-21-18-11-9-16(19)10-12-18/h4-12H,2-3,13-15,19H2,1H3. The second kappa shape index (κ2) is 8.20. The van der Waals surface area contributed by atoms with Crippen molar-refractivity contribution in [3.63, 3.8) is 0 Å². The van der Waals surface area contributed by atoms with E-state index in [1.54, 1.807) is 0 Å². The zero-order valence-corrected chi connectivity index (χ0v) is 12.7. The van der Waals surface area contributed by atoms with Crippen LogP contribution in [0.4, 0.5) is 11.4 Å². The van der Waals surface area contributed by atoms with Gasteiger partial charge in [-0.3, -0.25) is 0 Å². The zero-order chi connectivity index (χ0) is 14.9. The van der Waals surface area contributed by atoms with E-state index in [9.17, 15) is 0 Å². The molecule has 21 heavy (non-hydrogen) atoms. The second-order valence-electron chi connectivity index (χ2n) is 5.09. The highest BCUT2D eigenvalue weighted by atomic mass is 16.5. The van der Waals surface area contributed by atoms with Gasteiger partial charge in [-0.1, -0.05) is 31.5 Å². The van der Waals surface area contributed by atoms with E-state index < -0.39 is 0 Å². The Balaban J connectivity index is 1.88. The van der Waals surface area contributed by atoms with E-state index >= 15 is 0 Å². The monoisotopic (exact) mass is 284 g/mol. The number of nitrogens with two attached hydrogens (primary N) is 1. The van der Waals surface area contributed by atoms with Crippen molar-refractivity contribution in [2.45, 2.75) is 19.8 Å². The molecule has 2 aromatic rings. The molecule has 2 aromatic carbocycles. The summed E-state index contributed by atoms with van der Waals surface area (Å²) in [6.45, 7) is 4.83. The summed E-state index contributed by atoms with van der Waals surface area (Å²) >= 11 is 0. The zero-order valence-electron chi connectivity index (χ0n) is 12.7. The highest BCUT2D eigenvalue weighted by Gasteiger charge is 2.05. The molecule has 0 bridgehead atoms. The molecule has 0 atom stereocenters. The minimum atomic E-state index is 0.669. The van der Waals surface area contributed by atoms with Crippen molar-refractivity contribution in [3.8, 4) is 5.75 Å². The minimum Gasteiger partial charge on any atom is -0.492 e. The van der Waals surface area contributed by atoms with Crippen LogP contribution >= 0.6 is 0 Å². The molecule has 0 fully saturated rings. The number of ether oxygens (including phenoxy) is 1. The molecular formula is C18H24N2O. The highest BCUT2D eigenvalue weighted by Crippen LogP contribution is 2.16. The van der Waals surface area contributed by atoms with E-state index in [1.807, 2.05) is 30.3 Å². The molecule has 0 amide bonds. The minimum absolute atomic E-state index is 0.669. The maximum absolute atomic E-state index is 5.80. The second-order valence-corrected chi connectivity index (χ2v) is 5.09. The number of benzene rings is 2. The predicted octanol–water partition coefficient (Wildman–Crippen LogP) is 3.95. The quantitative estimate of drug-likeness (QED) is 0.746. The molecular weight excluding hydrogens is 260 g/mol. The Kier molecular flexibility index (Phi) is 5.95. The van der Waals surface area contributed by atoms with Crippen LogP contribution in [0.25, 0.3) is 0 Å². The van der Waals surface area contributed by atoms with Crippen LogP contribution < -0.4 is 15.4 Å². The van der Waals surface area contributed by atoms with Gasteiger partial charge in [0.2, 0.25) is 0 Å². The van der Waals surface area contributed by atoms with Crippen molar-refractivity contribution in [1.29, 1.82) is 0 Å². The Bertz CT molecular complexity index is 511. The van der Waals surface area contributed by atoms with Gasteiger partial charge in [-0.15, -0.1) is 0 Å². The summed E-state index contributed by atoms with van der Waals surface area (Å²) in [6.07, 6.45) is 2.39. The van der Waals surface area contributed by atoms with Crippen LogP contribution in [-0.4, -0.2) is 19.7 Å². The lowest BCUT2D eigenvalue weighted by Crippen LogP contribution is -2.29. The molecule has 2 N–H and O–H groups in total. The summed E-state index contributed by atoms with van der Waals surface area (Å²) in [5.74, 6) is 0.868. The lowest BCUT2D eigenvalue weighted by atomic mass is 10.2. The average molecular weight is 284 g/mol. The first-order chi connectivity index (χ1) is 10.3. The van der Waals surface area contributed by atoms with Crippen molar-refractivity contribution in [2.24, 2.45) is 0 Å². The number of hydrogen-bond acceptors (Lipinski definition) is 3. The lowest BCUT2D eigenvalue weighted by Gasteiger charge is -2.24. The van der Waals surface area contributed by atoms with Crippen molar-refractivity contribution in [3.05, 3.63) is 54.6 Å². The van der Waals surface area contributed by atoms with Crippen LogP contribution in [0.2, 0.25) is 0 Å². The summed E-state index contributed by atoms with van der Waals surface area (Å²) in [7, 11) is 0. The van der Waals surface area contributed by atoms with Crippen molar-refractivity contribution in [1.82, 2.24) is 0 Å². The van der Waals surface area contributed by atoms with E-state index in [2.05, 4.69) is 36.1 Å². The number of para-hydroxylation sites is 1. The molecule has 0 radical (unpaired) electrons. The molecule has 0 aliphatic heterocycles. The third-order valence-electron chi connectivity index (χ3n) is 3.41. The smallest absolute Gasteiger partial charge is 0.119 e. The number of nitrogen functional groups attached to an aromatic ring is 1. The summed E-state index contributed by atoms with van der Waals surface area (Å²) in [5, 5.41) is 0. The lowest BCUT2D eigenvalue weighted by molar-refractivity contribution is 0.323. The van der Waals surface area contributed by atoms with Crippen LogP contribution in [0, 0.1) is 0 Å². The van der Waals surface area contributed by atoms with E-state index in [1.165, 1.54) is 18.5 Å². The summed E-state index contributed by atoms with van der Waals surface area (Å²) < 4.78 is 5.80. The van der Waals surface area contributed by atoms with Crippen molar-refractivity contribution < 1.29 is 4.74 Å². The molecule has 0 heterocycles. The SMILES string of the molecule is CCCCN(CCOc1ccc(N)cc1)c1ccccc1. The molecule has 0 aromatic heterocycles. The first kappa shape index (κ1) is 15.2. The van der Waals surface area contributed by atoms with E-state index in [4.69, 9.17) is 10.5 Å². The Morgan fingerprint density at radius 3 is 2.33 bits per heavy atom. The van der Waals surface area contributed by atoms with Crippen LogP contribution in [-0.2, 0) is 0 Å². The molecule has 0 saturated carbocycles. The Hall–Kier alpha value is -2.16. The van der Waals surface area contributed by atoms with Crippen LogP contribution in [0.3, 0.4) is 0 Å². The van der Waals surface area contributed by atoms with E-state index in [0.29, 0.717) is 6.61 Å². The van der Waals surface area contributed by atoms with Crippen LogP contribution in [0.1, 0.15) is 19.8 Å². The van der Waals surface area contributed by atoms with Gasteiger partial charge < -0.3 is 15.4 Å². The van der Waals surface area contributed by atoms with Crippen molar-refractivity contribution in [2.75, 3.05) is 30.3 Å². The van der Waals surface area contributed by atoms with Crippen LogP contribution in [0.15, 0.2) is 54.6 Å². The molecule has 3 heteroatoms. The Morgan fingerprint density at radius 2 is 1.67 bits per heavy atom. The molecule has 0 spiro atoms. The number of rotatable bonds is 8. The van der Waals surface area contributed by atoms with Gasteiger partial charge in [0.15, 0.2) is 0 Å². The molecule has 3 nitrogen and oxygen atoms in total. The Labute approximate surface area is 127 Å². The Morgan fingerprint density at radius 1 is 0.952 bits per heavy atom. The van der Waals surface area contributed by atoms with Gasteiger partial charge in [0.05, 0.1) is 6.54 Å². The van der Waals surface area contributed by atoms with Gasteiger partial charge in [0, 0.05) is 17.9 Å². The molecule has 0 saturated heterocycles. The first-order valence-corrected chi connectivity index (χ1v) is 7.58. The topological polar surface area (TPSA) is 38.5 Å². The van der Waals surface area contributed by atoms with Gasteiger partial charge >= 0.3 is 0 Å². The summed E-state index contributed by atoms with van der Waals surface area (Å²) in [5.41, 5.74) is 7.69. The third kappa shape index (κ3) is 5.03. The van der Waals surface area contributed by atoms with Gasteiger partial charge in [0.1, 0.15) is 12.4 Å². The maximum Gasteiger partial charge on any atom is 0.119 e. The molecule has 2 rings (SSSR count). The third-order valence-corrected chi connectivity index (χ3v) is 3.41. The normalized spacial score (nSPS) is 10.3. The highest BCUT2D eigenvalue weighted by molar-refractivity contribution is 5.46. The molecule has 0 unspecified atom stereocenters. The number of nitrogens with zero attached hydrogens (tertiary/aromatic N) is 1. The fourth-order valence-electron chi connectivity index (χ4n) is 2.20. The number of hydrogen-bond donors (Lipinski definition) is 1. The average Bonchev–Trinajstić information content (AvgIpc) is 2.53. The molecule has 0 aliphatic rings. The molecule has 112 valence electrons. The van der Waals surface area contributed by atoms with Gasteiger partial charge in [-0.2, -0.15) is 0 Å². The van der Waals surface area contributed by atoms with E-state index in [-0.39, 0.29) is 0 Å². The largest absolute Gasteiger partial charge is 0.492 e. The van der Waals surface area contributed by atoms with Gasteiger partial charge in [-0.05, 0) is 42.8 Å². The van der Waals surface area contributed by atoms with Crippen LogP contribution in [0.5, 0.6) is 5.75 Å². The predicted molar refractivity (Wildman–Crippen MR) is 89.9 cm³/mol. The fourth-order valence-corrected chi connectivity index (χ4v) is 2.20. The first-order valence-electron chi connectivity index (χ1n) is 7.58. The van der Waals surface area contributed by atoms with E-state index in [0.717, 1.165) is 24.5 Å². The summed E-state index contributed by atoms with van der Waals surface area (Å²) in [6, 6.07) is 18.1. The number of anilines is 2. The van der Waals surface area contributed by atoms with Crippen molar-refractivity contribution >= 4 is 11.4 Å². The summed E-state index contributed by atoms with van der Waals surface area (Å²) in [4.78, 5) is 2.38. The molecule has 0 aliphatic carbocycles. The van der Waals surface area contributed by atoms with Gasteiger partial charge in [-0.25, -0.2) is 0 Å². The van der Waals surface area contributed by atoms with Gasteiger partial charge in [0.25, 0.3) is 0 Å². The maximum atomic E-state index is 5.80. The fraction of sp³-hybridized carbons (Fsp3) is 0.333.